The van der Waals surface area contributed by atoms with Crippen LogP contribution in [0, 0.1) is 6.92 Å². The van der Waals surface area contributed by atoms with Crippen LogP contribution in [0.5, 0.6) is 0 Å². The van der Waals surface area contributed by atoms with Crippen molar-refractivity contribution in [2.75, 3.05) is 51.9 Å². The number of halogens is 1. The van der Waals surface area contributed by atoms with E-state index in [1.807, 2.05) is 7.05 Å². The van der Waals surface area contributed by atoms with Crippen molar-refractivity contribution in [3.05, 3.63) is 51.4 Å². The standard InChI is InChI=1S/C26H35ClN6O5S/c1-18-15-21(39(35,36)30-10-12-38-14-13-37-11-9-28-2)7-8-23(18)31-26-29-17-19-16-22(27)25(34)33(24(19)32-26)20-5-3-4-6-20/h7-8,15-17,20,28,30H,3-6,9-14H2,1-2H3,(H,29,31,32). The van der Waals surface area contributed by atoms with Crippen molar-refractivity contribution < 1.29 is 17.9 Å². The molecule has 1 fully saturated rings. The molecule has 2 heterocycles. The van der Waals surface area contributed by atoms with Crippen molar-refractivity contribution in [1.29, 1.82) is 0 Å². The highest BCUT2D eigenvalue weighted by molar-refractivity contribution is 7.89. The number of fused-ring (bicyclic) bond motifs is 1. The summed E-state index contributed by atoms with van der Waals surface area (Å²) in [5.41, 5.74) is 1.63. The molecule has 0 atom stereocenters. The van der Waals surface area contributed by atoms with Gasteiger partial charge in [-0.3, -0.25) is 9.36 Å². The molecule has 1 saturated carbocycles. The first kappa shape index (κ1) is 29.4. The average Bonchev–Trinajstić information content (AvgIpc) is 3.44. The fraction of sp³-hybridized carbons (Fsp3) is 0.500. The first-order chi connectivity index (χ1) is 18.8. The zero-order valence-corrected chi connectivity index (χ0v) is 23.8. The predicted octanol–water partition coefficient (Wildman–Crippen LogP) is 3.14. The number of anilines is 2. The second-order valence-corrected chi connectivity index (χ2v) is 11.6. The lowest BCUT2D eigenvalue weighted by molar-refractivity contribution is 0.0515. The first-order valence-corrected chi connectivity index (χ1v) is 14.9. The number of rotatable bonds is 14. The Hall–Kier alpha value is -2.61. The van der Waals surface area contributed by atoms with Crippen molar-refractivity contribution in [3.63, 3.8) is 0 Å². The Balaban J connectivity index is 1.41. The fourth-order valence-corrected chi connectivity index (χ4v) is 5.85. The van der Waals surface area contributed by atoms with E-state index in [2.05, 4.69) is 25.3 Å². The van der Waals surface area contributed by atoms with E-state index in [-0.39, 0.29) is 34.7 Å². The van der Waals surface area contributed by atoms with E-state index in [4.69, 9.17) is 21.1 Å². The highest BCUT2D eigenvalue weighted by Gasteiger charge is 2.22. The molecule has 1 aliphatic carbocycles. The van der Waals surface area contributed by atoms with Crippen molar-refractivity contribution in [1.82, 2.24) is 24.6 Å². The van der Waals surface area contributed by atoms with Crippen molar-refractivity contribution in [3.8, 4) is 0 Å². The summed E-state index contributed by atoms with van der Waals surface area (Å²) in [5.74, 6) is 0.305. The molecule has 0 spiro atoms. The highest BCUT2D eigenvalue weighted by atomic mass is 35.5. The van der Waals surface area contributed by atoms with Crippen LogP contribution in [0.3, 0.4) is 0 Å². The third kappa shape index (κ3) is 7.53. The Morgan fingerprint density at radius 3 is 2.49 bits per heavy atom. The number of likely N-dealkylation sites (N-methyl/N-ethyl adjacent to an activating group) is 1. The van der Waals surface area contributed by atoms with E-state index < -0.39 is 10.0 Å². The topological polar surface area (TPSA) is 136 Å². The van der Waals surface area contributed by atoms with E-state index in [0.717, 1.165) is 32.2 Å². The van der Waals surface area contributed by atoms with Crippen molar-refractivity contribution in [2.24, 2.45) is 0 Å². The summed E-state index contributed by atoms with van der Waals surface area (Å²) in [7, 11) is -1.86. The lowest BCUT2D eigenvalue weighted by Crippen LogP contribution is -2.28. The molecule has 0 radical (unpaired) electrons. The van der Waals surface area contributed by atoms with E-state index in [0.29, 0.717) is 48.1 Å². The molecular formula is C26H35ClN6O5S. The third-order valence-electron chi connectivity index (χ3n) is 6.58. The summed E-state index contributed by atoms with van der Waals surface area (Å²) in [6, 6.07) is 6.42. The number of nitrogens with one attached hydrogen (secondary N) is 3. The van der Waals surface area contributed by atoms with Crippen LogP contribution in [0.15, 0.2) is 40.2 Å². The Morgan fingerprint density at radius 2 is 1.79 bits per heavy atom. The molecule has 0 saturated heterocycles. The van der Waals surface area contributed by atoms with Gasteiger partial charge < -0.3 is 20.1 Å². The monoisotopic (exact) mass is 578 g/mol. The van der Waals surface area contributed by atoms with Gasteiger partial charge in [0, 0.05) is 36.4 Å². The van der Waals surface area contributed by atoms with Gasteiger partial charge in [-0.2, -0.15) is 4.98 Å². The number of benzene rings is 1. The number of hydrogen-bond acceptors (Lipinski definition) is 9. The lowest BCUT2D eigenvalue weighted by atomic mass is 10.2. The van der Waals surface area contributed by atoms with Gasteiger partial charge in [-0.05, 0) is 56.6 Å². The first-order valence-electron chi connectivity index (χ1n) is 13.1. The summed E-state index contributed by atoms with van der Waals surface area (Å²) >= 11 is 6.22. The maximum Gasteiger partial charge on any atom is 0.271 e. The number of hydrogen-bond donors (Lipinski definition) is 3. The summed E-state index contributed by atoms with van der Waals surface area (Å²) in [5, 5.41) is 6.98. The fourth-order valence-electron chi connectivity index (χ4n) is 4.54. The maximum atomic E-state index is 12.9. The lowest BCUT2D eigenvalue weighted by Gasteiger charge is -2.17. The van der Waals surface area contributed by atoms with E-state index in [1.54, 1.807) is 35.9 Å². The zero-order valence-electron chi connectivity index (χ0n) is 22.2. The van der Waals surface area contributed by atoms with E-state index >= 15 is 0 Å². The second-order valence-electron chi connectivity index (χ2n) is 9.41. The molecule has 0 amide bonds. The minimum absolute atomic E-state index is 0.0576. The molecule has 1 aliphatic rings. The normalized spacial score (nSPS) is 14.3. The Labute approximate surface area is 233 Å². The quantitative estimate of drug-likeness (QED) is 0.246. The minimum Gasteiger partial charge on any atom is -0.378 e. The van der Waals surface area contributed by atoms with E-state index in [9.17, 15) is 13.2 Å². The molecule has 1 aromatic carbocycles. The maximum absolute atomic E-state index is 12.9. The minimum atomic E-state index is -3.71. The van der Waals surface area contributed by atoms with Gasteiger partial charge in [-0.25, -0.2) is 18.1 Å². The Bertz CT molecular complexity index is 1440. The van der Waals surface area contributed by atoms with Crippen LogP contribution >= 0.6 is 11.6 Å². The zero-order chi connectivity index (χ0) is 27.8. The van der Waals surface area contributed by atoms with Crippen LogP contribution in [0.2, 0.25) is 5.02 Å². The molecule has 212 valence electrons. The number of ether oxygens (including phenoxy) is 2. The SMILES string of the molecule is CNCCOCCOCCNS(=O)(=O)c1ccc(Nc2ncc3cc(Cl)c(=O)n(C4CCCC4)c3n2)c(C)c1. The number of aryl methyl sites for hydroxylation is 1. The van der Waals surface area contributed by atoms with Crippen molar-refractivity contribution in [2.45, 2.75) is 43.5 Å². The van der Waals surface area contributed by atoms with Crippen LogP contribution in [-0.4, -0.2) is 69.5 Å². The van der Waals surface area contributed by atoms with Gasteiger partial charge in [0.1, 0.15) is 10.7 Å². The summed E-state index contributed by atoms with van der Waals surface area (Å²) in [6.45, 7) is 4.40. The highest BCUT2D eigenvalue weighted by Crippen LogP contribution is 2.31. The molecule has 3 N–H and O–H groups in total. The summed E-state index contributed by atoms with van der Waals surface area (Å²) in [6.07, 6.45) is 5.56. The van der Waals surface area contributed by atoms with Crippen LogP contribution in [0.25, 0.3) is 11.0 Å². The molecule has 0 unspecified atom stereocenters. The van der Waals surface area contributed by atoms with Crippen LogP contribution in [-0.2, 0) is 19.5 Å². The van der Waals surface area contributed by atoms with Gasteiger partial charge in [0.25, 0.3) is 5.56 Å². The molecule has 4 rings (SSSR count). The number of sulfonamides is 1. The average molecular weight is 579 g/mol. The Morgan fingerprint density at radius 1 is 1.08 bits per heavy atom. The van der Waals surface area contributed by atoms with Gasteiger partial charge in [0.15, 0.2) is 0 Å². The van der Waals surface area contributed by atoms with Crippen molar-refractivity contribution >= 4 is 44.3 Å². The molecule has 2 aromatic heterocycles. The molecule has 0 bridgehead atoms. The van der Waals surface area contributed by atoms with Crippen LogP contribution in [0.4, 0.5) is 11.6 Å². The van der Waals surface area contributed by atoms with E-state index in [1.165, 1.54) is 6.07 Å². The molecular weight excluding hydrogens is 544 g/mol. The smallest absolute Gasteiger partial charge is 0.271 e. The molecule has 13 heteroatoms. The molecule has 11 nitrogen and oxygen atoms in total. The molecule has 39 heavy (non-hydrogen) atoms. The van der Waals surface area contributed by atoms with Gasteiger partial charge in [-0.1, -0.05) is 24.4 Å². The largest absolute Gasteiger partial charge is 0.378 e. The predicted molar refractivity (Wildman–Crippen MR) is 152 cm³/mol. The van der Waals surface area contributed by atoms with Gasteiger partial charge in [0.2, 0.25) is 16.0 Å². The number of nitrogens with zero attached hydrogens (tertiary/aromatic N) is 3. The van der Waals surface area contributed by atoms with Crippen LogP contribution in [0.1, 0.15) is 37.3 Å². The van der Waals surface area contributed by atoms with Crippen LogP contribution < -0.4 is 20.9 Å². The third-order valence-corrected chi connectivity index (χ3v) is 8.31. The second kappa shape index (κ2) is 13.6. The number of aromatic nitrogens is 3. The van der Waals surface area contributed by atoms with Gasteiger partial charge in [-0.15, -0.1) is 0 Å². The summed E-state index contributed by atoms with van der Waals surface area (Å²) in [4.78, 5) is 22.0. The Kier molecular flexibility index (Phi) is 10.3. The van der Waals surface area contributed by atoms with Gasteiger partial charge in [0.05, 0.1) is 31.3 Å². The summed E-state index contributed by atoms with van der Waals surface area (Å²) < 4.78 is 40.5. The van der Waals surface area contributed by atoms with Gasteiger partial charge >= 0.3 is 0 Å². The number of pyridine rings is 1. The molecule has 3 aromatic rings. The molecule has 0 aliphatic heterocycles.